The van der Waals surface area contributed by atoms with Crippen molar-refractivity contribution in [2.75, 3.05) is 26.0 Å². The van der Waals surface area contributed by atoms with Crippen LogP contribution in [0.2, 0.25) is 0 Å². The number of halogens is 1. The molecule has 10 heteroatoms. The van der Waals surface area contributed by atoms with Crippen molar-refractivity contribution < 1.29 is 22.7 Å². The maximum atomic E-state index is 12.7. The van der Waals surface area contributed by atoms with E-state index in [-0.39, 0.29) is 17.1 Å². The Kier molecular flexibility index (Phi) is 7.02. The van der Waals surface area contributed by atoms with E-state index in [2.05, 4.69) is 21.2 Å². The van der Waals surface area contributed by atoms with Crippen LogP contribution in [0, 0.1) is 13.8 Å². The van der Waals surface area contributed by atoms with E-state index in [4.69, 9.17) is 4.74 Å². The molecule has 7 nitrogen and oxygen atoms in total. The molecule has 0 saturated heterocycles. The first-order valence-electron chi connectivity index (χ1n) is 8.31. The minimum absolute atomic E-state index is 0.0192. The number of hydrogen-bond donors (Lipinski definition) is 1. The van der Waals surface area contributed by atoms with Gasteiger partial charge >= 0.3 is 5.97 Å². The first-order valence-corrected chi connectivity index (χ1v) is 11.4. The van der Waals surface area contributed by atoms with Crippen molar-refractivity contribution in [3.63, 3.8) is 0 Å². The summed E-state index contributed by atoms with van der Waals surface area (Å²) in [5.74, 6) is -1.03. The zero-order valence-electron chi connectivity index (χ0n) is 16.1. The van der Waals surface area contributed by atoms with E-state index >= 15 is 0 Å². The fourth-order valence-electron chi connectivity index (χ4n) is 2.38. The number of ether oxygens (including phenoxy) is 1. The average molecular weight is 489 g/mol. The number of nitrogens with one attached hydrogen (secondary N) is 1. The molecule has 28 heavy (non-hydrogen) atoms. The third kappa shape index (κ3) is 4.45. The van der Waals surface area contributed by atoms with Gasteiger partial charge in [0.05, 0.1) is 17.1 Å². The van der Waals surface area contributed by atoms with Gasteiger partial charge in [0.15, 0.2) is 0 Å². The lowest BCUT2D eigenvalue weighted by Gasteiger charge is -2.14. The summed E-state index contributed by atoms with van der Waals surface area (Å²) in [5.41, 5.74) is 1.21. The molecular formula is C18H21BrN2O5S2. The number of rotatable bonds is 6. The van der Waals surface area contributed by atoms with E-state index in [1.165, 1.54) is 43.6 Å². The smallest absolute Gasteiger partial charge is 0.341 e. The fourth-order valence-corrected chi connectivity index (χ4v) is 5.27. The predicted molar refractivity (Wildman–Crippen MR) is 113 cm³/mol. The second kappa shape index (κ2) is 8.73. The summed E-state index contributed by atoms with van der Waals surface area (Å²) in [6.07, 6.45) is 0. The molecule has 0 bridgehead atoms. The van der Waals surface area contributed by atoms with Crippen LogP contribution < -0.4 is 5.32 Å². The Morgan fingerprint density at radius 3 is 2.46 bits per heavy atom. The molecular weight excluding hydrogens is 468 g/mol. The second-order valence-electron chi connectivity index (χ2n) is 6.09. The molecule has 1 aromatic heterocycles. The van der Waals surface area contributed by atoms with Crippen LogP contribution in [0.5, 0.6) is 0 Å². The molecule has 2 aromatic rings. The highest BCUT2D eigenvalue weighted by Gasteiger charge is 2.25. The standard InChI is InChI=1S/C18H21BrN2O5S2/c1-6-26-18(23)15-10(2)11(3)27-17(15)20-16(22)12-7-8-13(19)14(9-12)28(24,25)21(4)5/h7-9H,6H2,1-5H3,(H,20,22). The van der Waals surface area contributed by atoms with Crippen LogP contribution in [0.25, 0.3) is 0 Å². The van der Waals surface area contributed by atoms with Gasteiger partial charge in [0.1, 0.15) is 5.00 Å². The van der Waals surface area contributed by atoms with Gasteiger partial charge in [-0.2, -0.15) is 0 Å². The summed E-state index contributed by atoms with van der Waals surface area (Å²) in [7, 11) is -0.905. The van der Waals surface area contributed by atoms with Crippen molar-refractivity contribution in [1.82, 2.24) is 4.31 Å². The van der Waals surface area contributed by atoms with Gasteiger partial charge in [0.2, 0.25) is 10.0 Å². The van der Waals surface area contributed by atoms with Crippen LogP contribution >= 0.6 is 27.3 Å². The number of sulfonamides is 1. The Morgan fingerprint density at radius 2 is 1.89 bits per heavy atom. The third-order valence-corrected chi connectivity index (χ3v) is 7.98. The Morgan fingerprint density at radius 1 is 1.25 bits per heavy atom. The first kappa shape index (κ1) is 22.5. The van der Waals surface area contributed by atoms with E-state index < -0.39 is 21.9 Å². The second-order valence-corrected chi connectivity index (χ2v) is 10.3. The Hall–Kier alpha value is -1.75. The molecule has 1 aromatic carbocycles. The average Bonchev–Trinajstić information content (AvgIpc) is 2.88. The molecule has 1 N–H and O–H groups in total. The fraction of sp³-hybridized carbons (Fsp3) is 0.333. The molecule has 0 spiro atoms. The number of thiophene rings is 1. The van der Waals surface area contributed by atoms with E-state index in [0.29, 0.717) is 15.0 Å². The molecule has 0 aliphatic heterocycles. The largest absolute Gasteiger partial charge is 0.462 e. The van der Waals surface area contributed by atoms with Gasteiger partial charge in [-0.05, 0) is 60.5 Å². The normalized spacial score (nSPS) is 11.5. The number of carbonyl (C=O) groups is 2. The Labute approximate surface area is 176 Å². The van der Waals surface area contributed by atoms with Crippen LogP contribution in [0.1, 0.15) is 38.1 Å². The minimum atomic E-state index is -3.73. The van der Waals surface area contributed by atoms with E-state index in [9.17, 15) is 18.0 Å². The number of aryl methyl sites for hydroxylation is 1. The van der Waals surface area contributed by atoms with Crippen molar-refractivity contribution >= 4 is 54.2 Å². The molecule has 0 fully saturated rings. The molecule has 0 atom stereocenters. The first-order chi connectivity index (χ1) is 13.0. The molecule has 152 valence electrons. The molecule has 1 heterocycles. The summed E-state index contributed by atoms with van der Waals surface area (Å²) in [6, 6.07) is 4.31. The van der Waals surface area contributed by atoms with Crippen molar-refractivity contribution in [3.8, 4) is 0 Å². The topological polar surface area (TPSA) is 92.8 Å². The van der Waals surface area contributed by atoms with E-state index in [0.717, 1.165) is 14.7 Å². The van der Waals surface area contributed by atoms with Crippen LogP contribution in [-0.2, 0) is 14.8 Å². The number of carbonyl (C=O) groups excluding carboxylic acids is 2. The quantitative estimate of drug-likeness (QED) is 0.623. The maximum absolute atomic E-state index is 12.7. The van der Waals surface area contributed by atoms with E-state index in [1.54, 1.807) is 13.8 Å². The third-order valence-electron chi connectivity index (χ3n) is 4.04. The molecule has 0 aliphatic rings. The summed E-state index contributed by atoms with van der Waals surface area (Å²) >= 11 is 4.48. The summed E-state index contributed by atoms with van der Waals surface area (Å²) in [6.45, 7) is 5.56. The lowest BCUT2D eigenvalue weighted by Crippen LogP contribution is -2.23. The SMILES string of the molecule is CCOC(=O)c1c(NC(=O)c2ccc(Br)c(S(=O)(=O)N(C)C)c2)sc(C)c1C. The van der Waals surface area contributed by atoms with Crippen LogP contribution in [0.3, 0.4) is 0 Å². The molecule has 0 unspecified atom stereocenters. The lowest BCUT2D eigenvalue weighted by atomic mass is 10.1. The number of esters is 1. The van der Waals surface area contributed by atoms with Crippen LogP contribution in [-0.4, -0.2) is 45.3 Å². The zero-order chi connectivity index (χ0) is 21.2. The number of nitrogens with zero attached hydrogens (tertiary/aromatic N) is 1. The van der Waals surface area contributed by atoms with Gasteiger partial charge in [-0.15, -0.1) is 11.3 Å². The van der Waals surface area contributed by atoms with Crippen LogP contribution in [0.4, 0.5) is 5.00 Å². The van der Waals surface area contributed by atoms with Gasteiger partial charge < -0.3 is 10.1 Å². The lowest BCUT2D eigenvalue weighted by molar-refractivity contribution is 0.0527. The number of benzene rings is 1. The van der Waals surface area contributed by atoms with E-state index in [1.807, 2.05) is 6.92 Å². The van der Waals surface area contributed by atoms with Gasteiger partial charge in [-0.3, -0.25) is 4.79 Å². The van der Waals surface area contributed by atoms with Crippen molar-refractivity contribution in [3.05, 3.63) is 44.2 Å². The number of hydrogen-bond acceptors (Lipinski definition) is 6. The molecule has 1 amide bonds. The minimum Gasteiger partial charge on any atom is -0.462 e. The zero-order valence-corrected chi connectivity index (χ0v) is 19.3. The van der Waals surface area contributed by atoms with Gasteiger partial charge in [-0.25, -0.2) is 17.5 Å². The monoisotopic (exact) mass is 488 g/mol. The van der Waals surface area contributed by atoms with Crippen molar-refractivity contribution in [2.24, 2.45) is 0 Å². The number of amides is 1. The summed E-state index contributed by atoms with van der Waals surface area (Å²) in [4.78, 5) is 25.9. The Bertz CT molecular complexity index is 1030. The summed E-state index contributed by atoms with van der Waals surface area (Å²) in [5, 5.41) is 3.08. The molecule has 0 saturated carbocycles. The van der Waals surface area contributed by atoms with Gasteiger partial charge in [-0.1, -0.05) is 0 Å². The van der Waals surface area contributed by atoms with Gasteiger partial charge in [0.25, 0.3) is 5.91 Å². The highest BCUT2D eigenvalue weighted by Crippen LogP contribution is 2.34. The van der Waals surface area contributed by atoms with Crippen LogP contribution in [0.15, 0.2) is 27.6 Å². The molecule has 2 rings (SSSR count). The van der Waals surface area contributed by atoms with Crippen molar-refractivity contribution in [2.45, 2.75) is 25.7 Å². The maximum Gasteiger partial charge on any atom is 0.341 e. The predicted octanol–water partition coefficient (Wildman–Crippen LogP) is 3.81. The highest BCUT2D eigenvalue weighted by atomic mass is 79.9. The summed E-state index contributed by atoms with van der Waals surface area (Å²) < 4.78 is 31.4. The molecule has 0 radical (unpaired) electrons. The Balaban J connectivity index is 2.42. The molecule has 0 aliphatic carbocycles. The van der Waals surface area contributed by atoms with Crippen molar-refractivity contribution in [1.29, 1.82) is 0 Å². The highest BCUT2D eigenvalue weighted by molar-refractivity contribution is 9.10. The number of anilines is 1. The van der Waals surface area contributed by atoms with Gasteiger partial charge in [0, 0.05) is 29.0 Å².